The third kappa shape index (κ3) is 35.3. The summed E-state index contributed by atoms with van der Waals surface area (Å²) in [6, 6.07) is -0.614. The summed E-state index contributed by atoms with van der Waals surface area (Å²) in [6.45, 7) is 4.71. The smallest absolute Gasteiger partial charge is 0.362 e. The standard InChI is InChI=1S/C45H83NO7/c1-6-8-10-12-14-16-18-20-22-24-26-28-30-32-34-36-44(48)53-41(39-51-38-37-42(45(49)50)46(3,4)5)40-52-43(47)35-33-31-29-27-25-23-21-19-17-15-13-11-9-7-2/h19-22,41-42H,6-18,23-40H2,1-5H3/p+1/b21-19-,22-20-. The summed E-state index contributed by atoms with van der Waals surface area (Å²) in [6.07, 6.45) is 39.3. The highest BCUT2D eigenvalue weighted by molar-refractivity contribution is 5.72. The van der Waals surface area contributed by atoms with E-state index in [0.29, 0.717) is 19.3 Å². The Morgan fingerprint density at radius 1 is 0.547 bits per heavy atom. The summed E-state index contributed by atoms with van der Waals surface area (Å²) in [5.74, 6) is -1.48. The fourth-order valence-corrected chi connectivity index (χ4v) is 6.37. The van der Waals surface area contributed by atoms with Crippen molar-refractivity contribution in [3.8, 4) is 0 Å². The van der Waals surface area contributed by atoms with E-state index in [1.165, 1.54) is 103 Å². The monoisotopic (exact) mass is 751 g/mol. The summed E-state index contributed by atoms with van der Waals surface area (Å²) in [7, 11) is 5.52. The first-order chi connectivity index (χ1) is 25.6. The van der Waals surface area contributed by atoms with Crippen LogP contribution in [0.1, 0.15) is 194 Å². The molecule has 0 aromatic rings. The van der Waals surface area contributed by atoms with Gasteiger partial charge in [-0.25, -0.2) is 4.79 Å². The number of carbonyl (C=O) groups excluding carboxylic acids is 2. The molecule has 0 amide bonds. The Bertz CT molecular complexity index is 926. The maximum absolute atomic E-state index is 12.7. The van der Waals surface area contributed by atoms with Gasteiger partial charge in [0, 0.05) is 19.3 Å². The Hall–Kier alpha value is -2.19. The van der Waals surface area contributed by atoms with Crippen LogP contribution in [0.25, 0.3) is 0 Å². The van der Waals surface area contributed by atoms with E-state index in [2.05, 4.69) is 38.2 Å². The fraction of sp³-hybridized carbons (Fsp3) is 0.844. The van der Waals surface area contributed by atoms with Gasteiger partial charge in [0.25, 0.3) is 0 Å². The number of likely N-dealkylation sites (N-methyl/N-ethyl adjacent to an activating group) is 1. The van der Waals surface area contributed by atoms with E-state index >= 15 is 0 Å². The molecule has 0 saturated heterocycles. The molecule has 2 unspecified atom stereocenters. The number of allylic oxidation sites excluding steroid dienone is 4. The molecule has 0 bridgehead atoms. The molecule has 0 saturated carbocycles. The second kappa shape index (κ2) is 36.8. The first kappa shape index (κ1) is 50.8. The summed E-state index contributed by atoms with van der Waals surface area (Å²) in [4.78, 5) is 36.9. The van der Waals surface area contributed by atoms with Crippen molar-refractivity contribution in [3.05, 3.63) is 24.3 Å². The SMILES string of the molecule is CCCCCCC/C=C\CCCCCCCC(=O)OCC(COCCC(C(=O)O)[N+](C)(C)C)OC(=O)CCCCCCC/C=C\CCCCCCCC. The molecule has 0 aliphatic rings. The Morgan fingerprint density at radius 3 is 1.36 bits per heavy atom. The van der Waals surface area contributed by atoms with Gasteiger partial charge in [0.2, 0.25) is 0 Å². The molecule has 0 fully saturated rings. The fourth-order valence-electron chi connectivity index (χ4n) is 6.37. The number of esters is 2. The van der Waals surface area contributed by atoms with E-state index in [9.17, 15) is 19.5 Å². The van der Waals surface area contributed by atoms with Crippen molar-refractivity contribution >= 4 is 17.9 Å². The quantitative estimate of drug-likeness (QED) is 0.0289. The molecule has 0 spiro atoms. The van der Waals surface area contributed by atoms with E-state index in [4.69, 9.17) is 14.2 Å². The van der Waals surface area contributed by atoms with Gasteiger partial charge in [0.15, 0.2) is 12.1 Å². The molecule has 53 heavy (non-hydrogen) atoms. The lowest BCUT2D eigenvalue weighted by atomic mass is 10.1. The van der Waals surface area contributed by atoms with E-state index in [0.717, 1.165) is 57.8 Å². The van der Waals surface area contributed by atoms with Crippen molar-refractivity contribution in [2.45, 2.75) is 206 Å². The van der Waals surface area contributed by atoms with Gasteiger partial charge in [0.1, 0.15) is 6.61 Å². The van der Waals surface area contributed by atoms with Crippen LogP contribution in [0, 0.1) is 0 Å². The molecule has 8 heteroatoms. The number of hydrogen-bond donors (Lipinski definition) is 1. The largest absolute Gasteiger partial charge is 0.477 e. The lowest BCUT2D eigenvalue weighted by molar-refractivity contribution is -0.887. The average Bonchev–Trinajstić information content (AvgIpc) is 3.11. The maximum atomic E-state index is 12.7. The summed E-state index contributed by atoms with van der Waals surface area (Å²) >= 11 is 0. The predicted molar refractivity (Wildman–Crippen MR) is 220 cm³/mol. The van der Waals surface area contributed by atoms with Crippen molar-refractivity contribution in [1.82, 2.24) is 0 Å². The second-order valence-electron chi connectivity index (χ2n) is 15.9. The Kier molecular flexibility index (Phi) is 35.2. The number of aliphatic carboxylic acids is 1. The normalized spacial score (nSPS) is 13.2. The van der Waals surface area contributed by atoms with Crippen LogP contribution in [0.5, 0.6) is 0 Å². The minimum atomic E-state index is -0.877. The highest BCUT2D eigenvalue weighted by atomic mass is 16.6. The van der Waals surface area contributed by atoms with E-state index in [1.54, 1.807) is 0 Å². The summed E-state index contributed by atoms with van der Waals surface area (Å²) in [5.41, 5.74) is 0. The molecular weight excluding hydrogens is 666 g/mol. The molecule has 0 aromatic carbocycles. The average molecular weight is 751 g/mol. The van der Waals surface area contributed by atoms with Crippen molar-refractivity contribution in [1.29, 1.82) is 0 Å². The zero-order chi connectivity index (χ0) is 39.3. The Labute approximate surface area is 326 Å². The van der Waals surface area contributed by atoms with Crippen LogP contribution < -0.4 is 0 Å². The highest BCUT2D eigenvalue weighted by Gasteiger charge is 2.31. The summed E-state index contributed by atoms with van der Waals surface area (Å²) < 4.78 is 17.3. The number of hydrogen-bond acceptors (Lipinski definition) is 6. The van der Waals surface area contributed by atoms with Crippen molar-refractivity contribution in [3.63, 3.8) is 0 Å². The number of quaternary nitrogens is 1. The number of carboxylic acid groups (broad SMARTS) is 1. The lowest BCUT2D eigenvalue weighted by Crippen LogP contribution is -2.50. The number of carbonyl (C=O) groups is 3. The first-order valence-electron chi connectivity index (χ1n) is 21.9. The van der Waals surface area contributed by atoms with E-state index < -0.39 is 18.1 Å². The molecule has 0 heterocycles. The van der Waals surface area contributed by atoms with Crippen LogP contribution in [0.15, 0.2) is 24.3 Å². The number of rotatable bonds is 39. The van der Waals surface area contributed by atoms with Gasteiger partial charge in [-0.05, 0) is 64.2 Å². The van der Waals surface area contributed by atoms with Gasteiger partial charge in [0.05, 0.1) is 34.4 Å². The third-order valence-electron chi connectivity index (χ3n) is 9.82. The van der Waals surface area contributed by atoms with Crippen LogP contribution in [0.3, 0.4) is 0 Å². The number of nitrogens with zero attached hydrogens (tertiary/aromatic N) is 1. The van der Waals surface area contributed by atoms with Crippen LogP contribution in [-0.4, -0.2) is 80.6 Å². The van der Waals surface area contributed by atoms with E-state index in [1.807, 2.05) is 21.1 Å². The lowest BCUT2D eigenvalue weighted by Gasteiger charge is -2.31. The molecule has 0 aliphatic heterocycles. The van der Waals surface area contributed by atoms with Crippen molar-refractivity contribution in [2.75, 3.05) is 41.0 Å². The molecule has 0 rings (SSSR count). The minimum Gasteiger partial charge on any atom is -0.477 e. The zero-order valence-corrected chi connectivity index (χ0v) is 35.2. The van der Waals surface area contributed by atoms with Crippen LogP contribution in [0.4, 0.5) is 0 Å². The van der Waals surface area contributed by atoms with Gasteiger partial charge in [-0.3, -0.25) is 9.59 Å². The van der Waals surface area contributed by atoms with Gasteiger partial charge >= 0.3 is 17.9 Å². The third-order valence-corrected chi connectivity index (χ3v) is 9.82. The Morgan fingerprint density at radius 2 is 0.943 bits per heavy atom. The molecule has 0 aromatic heterocycles. The molecule has 310 valence electrons. The molecule has 0 aliphatic carbocycles. The van der Waals surface area contributed by atoms with E-state index in [-0.39, 0.29) is 36.2 Å². The molecular formula is C45H84NO7+. The molecule has 2 atom stereocenters. The van der Waals surface area contributed by atoms with Gasteiger partial charge in [-0.2, -0.15) is 0 Å². The Balaban J connectivity index is 4.37. The second-order valence-corrected chi connectivity index (χ2v) is 15.9. The minimum absolute atomic E-state index is 0.0560. The number of carboxylic acids is 1. The molecule has 0 radical (unpaired) electrons. The van der Waals surface area contributed by atoms with Gasteiger partial charge in [-0.1, -0.05) is 134 Å². The van der Waals surface area contributed by atoms with Gasteiger partial charge < -0.3 is 23.8 Å². The topological polar surface area (TPSA) is 99.1 Å². The van der Waals surface area contributed by atoms with Gasteiger partial charge in [-0.15, -0.1) is 0 Å². The van der Waals surface area contributed by atoms with Crippen molar-refractivity contribution < 1.29 is 38.2 Å². The maximum Gasteiger partial charge on any atom is 0.362 e. The summed E-state index contributed by atoms with van der Waals surface area (Å²) in [5, 5.41) is 9.61. The molecule has 1 N–H and O–H groups in total. The highest BCUT2D eigenvalue weighted by Crippen LogP contribution is 2.14. The number of ether oxygens (including phenoxy) is 3. The number of unbranched alkanes of at least 4 members (excludes halogenated alkanes) is 21. The first-order valence-corrected chi connectivity index (χ1v) is 21.9. The van der Waals surface area contributed by atoms with Crippen LogP contribution in [-0.2, 0) is 28.6 Å². The predicted octanol–water partition coefficient (Wildman–Crippen LogP) is 11.7. The van der Waals surface area contributed by atoms with Crippen LogP contribution >= 0.6 is 0 Å². The van der Waals surface area contributed by atoms with Crippen molar-refractivity contribution in [2.24, 2.45) is 0 Å². The van der Waals surface area contributed by atoms with Crippen LogP contribution in [0.2, 0.25) is 0 Å². The molecule has 8 nitrogen and oxygen atoms in total. The zero-order valence-electron chi connectivity index (χ0n) is 35.2.